The fraction of sp³-hybridized carbons (Fsp3) is 0.312. The first-order chi connectivity index (χ1) is 11.5. The van der Waals surface area contributed by atoms with Gasteiger partial charge in [0.25, 0.3) is 11.2 Å². The van der Waals surface area contributed by atoms with Gasteiger partial charge in [0.1, 0.15) is 6.07 Å². The second kappa shape index (κ2) is 7.37. The van der Waals surface area contributed by atoms with E-state index in [4.69, 9.17) is 5.26 Å². The summed E-state index contributed by atoms with van der Waals surface area (Å²) < 4.78 is 0. The molecule has 0 aliphatic rings. The molecule has 124 valence electrons. The number of rotatable bonds is 6. The van der Waals surface area contributed by atoms with Gasteiger partial charge in [-0.05, 0) is 24.5 Å². The molecular weight excluding hydrogens is 310 g/mol. The molecular formula is C16H17N5O3. The predicted octanol–water partition coefficient (Wildman–Crippen LogP) is 2.29. The van der Waals surface area contributed by atoms with E-state index >= 15 is 0 Å². The Morgan fingerprint density at radius 2 is 2.08 bits per heavy atom. The molecule has 1 heterocycles. The van der Waals surface area contributed by atoms with Crippen LogP contribution >= 0.6 is 0 Å². The zero-order chi connectivity index (χ0) is 17.7. The summed E-state index contributed by atoms with van der Waals surface area (Å²) in [4.78, 5) is 22.3. The summed E-state index contributed by atoms with van der Waals surface area (Å²) in [5.41, 5.74) is 2.44. The van der Waals surface area contributed by atoms with Crippen molar-refractivity contribution in [2.24, 2.45) is 0 Å². The Bertz CT molecular complexity index is 867. The predicted molar refractivity (Wildman–Crippen MR) is 88.8 cm³/mol. The van der Waals surface area contributed by atoms with Crippen molar-refractivity contribution in [3.05, 3.63) is 61.1 Å². The number of H-pyrrole nitrogens is 1. The van der Waals surface area contributed by atoms with Crippen LogP contribution in [-0.2, 0) is 19.4 Å². The highest BCUT2D eigenvalue weighted by Crippen LogP contribution is 2.22. The summed E-state index contributed by atoms with van der Waals surface area (Å²) in [5.74, 6) is 0. The minimum atomic E-state index is -0.555. The third kappa shape index (κ3) is 3.41. The van der Waals surface area contributed by atoms with Crippen LogP contribution in [0, 0.1) is 21.4 Å². The van der Waals surface area contributed by atoms with Gasteiger partial charge in [-0.2, -0.15) is 10.4 Å². The topological polar surface area (TPSA) is 125 Å². The van der Waals surface area contributed by atoms with Crippen molar-refractivity contribution in [1.29, 1.82) is 5.26 Å². The van der Waals surface area contributed by atoms with E-state index in [-0.39, 0.29) is 23.4 Å². The molecule has 0 saturated heterocycles. The summed E-state index contributed by atoms with van der Waals surface area (Å²) in [7, 11) is 0. The zero-order valence-electron chi connectivity index (χ0n) is 13.4. The second-order valence-electron chi connectivity index (χ2n) is 5.12. The highest BCUT2D eigenvalue weighted by atomic mass is 16.6. The third-order valence-electron chi connectivity index (χ3n) is 3.76. The van der Waals surface area contributed by atoms with Crippen LogP contribution in [0.15, 0.2) is 23.0 Å². The normalized spacial score (nSPS) is 10.2. The first-order valence-corrected chi connectivity index (χ1v) is 7.53. The molecule has 0 unspecified atom stereocenters. The van der Waals surface area contributed by atoms with Crippen LogP contribution in [0.5, 0.6) is 0 Å². The summed E-state index contributed by atoms with van der Waals surface area (Å²) in [6.07, 6.45) is 1.37. The number of hydrogen-bond donors (Lipinski definition) is 2. The third-order valence-corrected chi connectivity index (χ3v) is 3.76. The van der Waals surface area contributed by atoms with Crippen LogP contribution in [0.2, 0.25) is 0 Å². The Kier molecular flexibility index (Phi) is 5.27. The number of aromatic nitrogens is 2. The van der Waals surface area contributed by atoms with E-state index in [0.29, 0.717) is 24.1 Å². The molecule has 0 amide bonds. The molecule has 0 radical (unpaired) electrons. The molecule has 2 aromatic rings. The molecule has 0 spiro atoms. The van der Waals surface area contributed by atoms with Crippen LogP contribution in [0.1, 0.15) is 36.2 Å². The van der Waals surface area contributed by atoms with E-state index in [1.54, 1.807) is 0 Å². The van der Waals surface area contributed by atoms with E-state index in [9.17, 15) is 14.9 Å². The van der Waals surface area contributed by atoms with E-state index in [1.165, 1.54) is 18.2 Å². The lowest BCUT2D eigenvalue weighted by molar-refractivity contribution is -0.384. The molecule has 0 saturated carbocycles. The maximum absolute atomic E-state index is 12.1. The number of nitrogens with one attached hydrogen (secondary N) is 2. The summed E-state index contributed by atoms with van der Waals surface area (Å²) in [6.45, 7) is 4.12. The van der Waals surface area contributed by atoms with Crippen molar-refractivity contribution in [2.45, 2.75) is 33.2 Å². The van der Waals surface area contributed by atoms with Gasteiger partial charge < -0.3 is 5.32 Å². The highest BCUT2D eigenvalue weighted by Gasteiger charge is 2.14. The highest BCUT2D eigenvalue weighted by molar-refractivity contribution is 5.61. The molecule has 2 rings (SSSR count). The van der Waals surface area contributed by atoms with Crippen molar-refractivity contribution in [2.75, 3.05) is 5.32 Å². The number of benzene rings is 1. The van der Waals surface area contributed by atoms with E-state index in [0.717, 1.165) is 11.3 Å². The van der Waals surface area contributed by atoms with Gasteiger partial charge in [-0.15, -0.1) is 0 Å². The van der Waals surface area contributed by atoms with Gasteiger partial charge in [-0.3, -0.25) is 14.9 Å². The molecule has 0 aliphatic heterocycles. The quantitative estimate of drug-likeness (QED) is 0.619. The summed E-state index contributed by atoms with van der Waals surface area (Å²) in [6, 6.07) is 5.92. The monoisotopic (exact) mass is 327 g/mol. The molecule has 24 heavy (non-hydrogen) atoms. The first-order valence-electron chi connectivity index (χ1n) is 7.53. The van der Waals surface area contributed by atoms with Gasteiger partial charge in [0.15, 0.2) is 0 Å². The average Bonchev–Trinajstić information content (AvgIpc) is 2.59. The van der Waals surface area contributed by atoms with E-state index < -0.39 is 4.92 Å². The maximum atomic E-state index is 12.1. The molecule has 8 heteroatoms. The number of anilines is 1. The molecule has 1 aromatic heterocycles. The molecule has 0 aliphatic carbocycles. The van der Waals surface area contributed by atoms with E-state index in [2.05, 4.69) is 15.5 Å². The largest absolute Gasteiger partial charge is 0.380 e. The van der Waals surface area contributed by atoms with Crippen molar-refractivity contribution in [3.8, 4) is 6.07 Å². The minimum Gasteiger partial charge on any atom is -0.380 e. The summed E-state index contributed by atoms with van der Waals surface area (Å²) >= 11 is 0. The number of non-ortho nitro benzene ring substituents is 1. The number of nitriles is 1. The SMILES string of the molecule is CCc1n[nH]c(=O)c(CNc2ccc([N+](=O)[O-])cc2C#N)c1CC. The van der Waals surface area contributed by atoms with E-state index in [1.807, 2.05) is 19.9 Å². The Labute approximate surface area is 138 Å². The van der Waals surface area contributed by atoms with Gasteiger partial charge in [0, 0.05) is 24.2 Å². The van der Waals surface area contributed by atoms with Gasteiger partial charge in [0.2, 0.25) is 0 Å². The zero-order valence-corrected chi connectivity index (χ0v) is 13.4. The van der Waals surface area contributed by atoms with Crippen LogP contribution in [0.4, 0.5) is 11.4 Å². The number of nitrogens with zero attached hydrogens (tertiary/aromatic N) is 3. The Hall–Kier alpha value is -3.21. The van der Waals surface area contributed by atoms with Gasteiger partial charge in [0.05, 0.1) is 21.9 Å². The fourth-order valence-electron chi connectivity index (χ4n) is 2.54. The van der Waals surface area contributed by atoms with Crippen LogP contribution in [0.25, 0.3) is 0 Å². The number of nitro groups is 1. The number of aromatic amines is 1. The van der Waals surface area contributed by atoms with Gasteiger partial charge in [-0.25, -0.2) is 5.10 Å². The number of nitro benzene ring substituents is 1. The molecule has 0 atom stereocenters. The van der Waals surface area contributed by atoms with Gasteiger partial charge in [-0.1, -0.05) is 13.8 Å². The van der Waals surface area contributed by atoms with Crippen molar-refractivity contribution >= 4 is 11.4 Å². The molecule has 1 aromatic carbocycles. The smallest absolute Gasteiger partial charge is 0.270 e. The second-order valence-corrected chi connectivity index (χ2v) is 5.12. The Balaban J connectivity index is 2.34. The minimum absolute atomic E-state index is 0.152. The van der Waals surface area contributed by atoms with Gasteiger partial charge >= 0.3 is 0 Å². The maximum Gasteiger partial charge on any atom is 0.270 e. The lowest BCUT2D eigenvalue weighted by Gasteiger charge is -2.12. The molecule has 8 nitrogen and oxygen atoms in total. The summed E-state index contributed by atoms with van der Waals surface area (Å²) in [5, 5.41) is 29.5. The lowest BCUT2D eigenvalue weighted by atomic mass is 10.0. The number of aryl methyl sites for hydroxylation is 1. The molecule has 0 fully saturated rings. The first kappa shape index (κ1) is 17.1. The van der Waals surface area contributed by atoms with Crippen LogP contribution in [0.3, 0.4) is 0 Å². The van der Waals surface area contributed by atoms with Crippen molar-refractivity contribution < 1.29 is 4.92 Å². The van der Waals surface area contributed by atoms with Crippen molar-refractivity contribution in [1.82, 2.24) is 10.2 Å². The van der Waals surface area contributed by atoms with Crippen molar-refractivity contribution in [3.63, 3.8) is 0 Å². The Morgan fingerprint density at radius 3 is 2.67 bits per heavy atom. The number of hydrogen-bond acceptors (Lipinski definition) is 6. The fourth-order valence-corrected chi connectivity index (χ4v) is 2.54. The van der Waals surface area contributed by atoms with Crippen LogP contribution in [-0.4, -0.2) is 15.1 Å². The Morgan fingerprint density at radius 1 is 1.33 bits per heavy atom. The molecule has 0 bridgehead atoms. The molecule has 2 N–H and O–H groups in total. The average molecular weight is 327 g/mol. The van der Waals surface area contributed by atoms with Crippen LogP contribution < -0.4 is 10.9 Å². The lowest BCUT2D eigenvalue weighted by Crippen LogP contribution is -2.22. The standard InChI is InChI=1S/C16H17N5O3/c1-3-12-13(16(22)20-19-14(12)4-2)9-18-15-6-5-11(21(23)24)7-10(15)8-17/h5-7,18H,3-4,9H2,1-2H3,(H,20,22).